The first-order valence-electron chi connectivity index (χ1n) is 46.6. The Morgan fingerprint density at radius 3 is 0.847 bits per heavy atom. The molecule has 49 heteroatoms. The summed E-state index contributed by atoms with van der Waals surface area (Å²) in [4.78, 5) is 171. The number of phosphoric acid groups is 2. The summed E-state index contributed by atoms with van der Waals surface area (Å²) in [5.74, 6) is -7.16. The molecule has 9 N–H and O–H groups in total. The number of carbonyl (C=O) groups is 13. The van der Waals surface area contributed by atoms with Crippen molar-refractivity contribution in [3.05, 3.63) is 125 Å². The number of aliphatic hydroxyl groups is 1. The third kappa shape index (κ3) is 129. The molecule has 44 nitrogen and oxygen atoms in total. The number of hydrogen-bond acceptors (Lipinski definition) is 36. The lowest BCUT2D eigenvalue weighted by atomic mass is 10.0. The maximum absolute atomic E-state index is 11.4. The van der Waals surface area contributed by atoms with Gasteiger partial charge in [-0.05, 0) is 112 Å². The summed E-state index contributed by atoms with van der Waals surface area (Å²) in [6.07, 6.45) is 38.2. The van der Waals surface area contributed by atoms with Crippen molar-refractivity contribution < 1.29 is 202 Å². The Labute approximate surface area is 855 Å². The van der Waals surface area contributed by atoms with E-state index in [1.807, 2.05) is 0 Å². The molecule has 0 atom stereocenters. The topological polar surface area (TPSA) is 630 Å². The van der Waals surface area contributed by atoms with Crippen LogP contribution in [0.3, 0.4) is 0 Å². The van der Waals surface area contributed by atoms with E-state index in [0.717, 1.165) is 68.6 Å². The lowest BCUT2D eigenvalue weighted by Crippen LogP contribution is -2.47. The van der Waals surface area contributed by atoms with Gasteiger partial charge >= 0.3 is 105 Å². The second-order valence-corrected chi connectivity index (χ2v) is 40.9. The molecular weight excluding hydrogens is 1990 g/mol. The monoisotopic (exact) mass is 2160 g/mol. The molecule has 144 heavy (non-hydrogen) atoms. The second kappa shape index (κ2) is 105. The summed E-state index contributed by atoms with van der Waals surface area (Å²) in [6.45, 7) is 48.1. The molecular formula is C95H171NO43P2SSi2. The smallest absolute Gasteiger partial charge is 0.481 e. The second-order valence-electron chi connectivity index (χ2n) is 30.7. The van der Waals surface area contributed by atoms with E-state index in [9.17, 15) is 79.9 Å². The van der Waals surface area contributed by atoms with Gasteiger partial charge in [0.2, 0.25) is 5.91 Å². The largest absolute Gasteiger partial charge is 0.500 e. The van der Waals surface area contributed by atoms with Crippen molar-refractivity contribution in [2.75, 3.05) is 134 Å². The highest BCUT2D eigenvalue weighted by Crippen LogP contribution is 2.36. The van der Waals surface area contributed by atoms with Gasteiger partial charge in [-0.3, -0.25) is 32.8 Å². The Balaban J connectivity index is -0.000000175. The van der Waals surface area contributed by atoms with Crippen LogP contribution in [0.2, 0.25) is 12.1 Å². The SMILES string of the molecule is C=C(C)C(=O)OCCCCCCCC.C=C(C)C(=O)OCCCCCCCCCCCCCCCC.C=C(C)C(=O)OCCC[Si](OC)(OC)OC.C=C(C)C(=O)OCCOP(=O)(O)O.C=CC(=O)NC(C)(C)CS(=O)(=O)O.C=CC(=O)OCCC(=O)O.C=CC(=O)OCCCCCC(=O)OCCCCCC(=O)O.C=CC(=O)OCCC[Si](OC)(OC)OC.C=CC(=O)OCCO.C=CC(=O)OCCOP(=O)(O)O. The van der Waals surface area contributed by atoms with Crippen molar-refractivity contribution >= 4 is 121 Å². The summed E-state index contributed by atoms with van der Waals surface area (Å²) < 4.78 is 136. The lowest BCUT2D eigenvalue weighted by Gasteiger charge is -2.24. The maximum Gasteiger partial charge on any atom is 0.500 e. The zero-order valence-corrected chi connectivity index (χ0v) is 92.0. The Morgan fingerprint density at radius 2 is 0.576 bits per heavy atom. The van der Waals surface area contributed by atoms with Gasteiger partial charge in [-0.15, -0.1) is 0 Å². The molecule has 0 heterocycles. The van der Waals surface area contributed by atoms with E-state index in [4.69, 9.17) is 94.4 Å². The van der Waals surface area contributed by atoms with E-state index in [2.05, 4.69) is 113 Å². The third-order valence-electron chi connectivity index (χ3n) is 17.1. The standard InChI is InChI=1S/C20H38O2.C15H24O6.C12H22O2.C10H20O5Si.C9H18O5Si.C7H13NO4S.C6H11O6P.C6H8O4.C5H9O6P.C5H8O3/c1-4-5-6-7-8-9-10-11-12-13-14-15-16-17-18-22-20(21)19(2)3;1-2-14(18)20-11-8-4-6-10-15(19)21-12-7-3-5-9-13(16)17;1-4-5-6-7-8-9-10-14-12(13)11(2)3;1-9(2)10(11)15-7-6-8-16(12-3,13-4)14-5;1-5-9(10)14-7-6-8-15(11-2,12-3)13-4;1-4-6(9)8-7(2,3)5-13(10,11)12;1-5(2)6(7)11-3-4-12-13(8,9)10;1-2-6(9)10-4-3-5(7)8;1-2-5(6)10-3-4-11-12(7,8)9;1-2-5(7)8-4-3-6/h2,4-18H2,1,3H3;2H,1,3-12H2,(H,16,17);2,4-10H2,1,3H3;1,6-8H2,2-5H3;5H,1,6-8H2,2-4H3;4H,1,5H2,2-3H3,(H,8,9)(H,10,11,12);1,3-4H2,2H3,(H2,8,9,10);2H,1,3-4H2,(H,7,8);2H,1,3-4H2,(H2,7,8,9);2,6H,1,3-4H2. The van der Waals surface area contributed by atoms with Crippen LogP contribution in [0.15, 0.2) is 125 Å². The Morgan fingerprint density at radius 1 is 0.333 bits per heavy atom. The van der Waals surface area contributed by atoms with Crippen LogP contribution in [0, 0.1) is 0 Å². The molecule has 0 aromatic rings. The van der Waals surface area contributed by atoms with Crippen molar-refractivity contribution in [3.8, 4) is 0 Å². The molecule has 0 spiro atoms. The van der Waals surface area contributed by atoms with Crippen LogP contribution in [-0.2, 0) is 165 Å². The minimum Gasteiger partial charge on any atom is -0.481 e. The Bertz CT molecular complexity index is 3790. The summed E-state index contributed by atoms with van der Waals surface area (Å²) in [6, 6.07) is 1.22. The van der Waals surface area contributed by atoms with Gasteiger partial charge < -0.3 is 114 Å². The van der Waals surface area contributed by atoms with Gasteiger partial charge in [0.05, 0.1) is 77.2 Å². The normalized spacial score (nSPS) is 10.5. The fourth-order valence-corrected chi connectivity index (χ4v) is 14.7. The number of unbranched alkanes of at least 4 members (excludes halogenated alkanes) is 22. The molecule has 0 aliphatic rings. The van der Waals surface area contributed by atoms with Gasteiger partial charge in [-0.25, -0.2) is 52.3 Å². The average Bonchev–Trinajstić information content (AvgIpc) is 0.888. The zero-order valence-electron chi connectivity index (χ0n) is 87.4. The van der Waals surface area contributed by atoms with Gasteiger partial charge in [0.25, 0.3) is 10.1 Å². The number of carbonyl (C=O) groups excluding carboxylic acids is 11. The van der Waals surface area contributed by atoms with Crippen LogP contribution in [0.5, 0.6) is 0 Å². The van der Waals surface area contributed by atoms with E-state index in [-0.39, 0.29) is 88.5 Å². The molecule has 0 unspecified atom stereocenters. The zero-order chi connectivity index (χ0) is 113. The molecule has 0 rings (SSSR count). The summed E-state index contributed by atoms with van der Waals surface area (Å²) in [5.41, 5.74) is 0.588. The third-order valence-corrected chi connectivity index (χ3v) is 24.9. The van der Waals surface area contributed by atoms with E-state index < -0.39 is 108 Å². The van der Waals surface area contributed by atoms with Crippen molar-refractivity contribution in [1.29, 1.82) is 0 Å². The fraction of sp³-hybridized carbons (Fsp3) is 0.653. The first-order chi connectivity index (χ1) is 67.5. The first kappa shape index (κ1) is 155. The Hall–Kier alpha value is -9.21. The molecule has 1 amide bonds. The van der Waals surface area contributed by atoms with Crippen LogP contribution in [0.4, 0.5) is 0 Å². The number of rotatable bonds is 74. The van der Waals surface area contributed by atoms with Gasteiger partial charge in [0, 0.05) is 120 Å². The number of ether oxygens (including phenoxy) is 10. The van der Waals surface area contributed by atoms with Crippen LogP contribution in [0.1, 0.15) is 254 Å². The number of hydrogen-bond donors (Lipinski definition) is 9. The predicted octanol–water partition coefficient (Wildman–Crippen LogP) is 14.8. The molecule has 0 aliphatic heterocycles. The quantitative estimate of drug-likeness (QED) is 0.00519. The first-order valence-corrected chi connectivity index (χ1v) is 55.1. The molecule has 0 bridgehead atoms. The maximum atomic E-state index is 11.4. The summed E-state index contributed by atoms with van der Waals surface area (Å²) in [5, 5.41) is 27.0. The molecule has 0 aromatic carbocycles. The number of nitrogens with one attached hydrogen (secondary N) is 1. The van der Waals surface area contributed by atoms with E-state index in [0.29, 0.717) is 113 Å². The highest BCUT2D eigenvalue weighted by Gasteiger charge is 2.38. The van der Waals surface area contributed by atoms with Crippen molar-refractivity contribution in [3.63, 3.8) is 0 Å². The minimum absolute atomic E-state index is 0.0465. The minimum atomic E-state index is -4.46. The number of esters is 10. The van der Waals surface area contributed by atoms with Gasteiger partial charge in [0.1, 0.15) is 26.4 Å². The fourth-order valence-electron chi connectivity index (χ4n) is 9.71. The number of carboxylic acid groups (broad SMARTS) is 2. The summed E-state index contributed by atoms with van der Waals surface area (Å²) in [7, 11) is -8.73. The highest BCUT2D eigenvalue weighted by atomic mass is 32.2. The average molecular weight is 2170 g/mol. The van der Waals surface area contributed by atoms with E-state index >= 15 is 0 Å². The van der Waals surface area contributed by atoms with Crippen molar-refractivity contribution in [2.45, 2.75) is 272 Å². The van der Waals surface area contributed by atoms with E-state index in [1.54, 1.807) is 63.4 Å². The molecule has 0 saturated heterocycles. The van der Waals surface area contributed by atoms with Gasteiger partial charge in [-0.1, -0.05) is 195 Å². The predicted molar refractivity (Wildman–Crippen MR) is 545 cm³/mol. The molecule has 0 aliphatic carbocycles. The molecule has 0 saturated carbocycles. The van der Waals surface area contributed by atoms with Crippen LogP contribution >= 0.6 is 15.6 Å². The number of phosphoric ester groups is 2. The van der Waals surface area contributed by atoms with Crippen LogP contribution in [-0.4, -0.2) is 283 Å². The van der Waals surface area contributed by atoms with Gasteiger partial charge in [-0.2, -0.15) is 8.42 Å². The number of amides is 1. The Kier molecular flexibility index (Phi) is 113. The molecule has 0 radical (unpaired) electrons. The van der Waals surface area contributed by atoms with E-state index in [1.165, 1.54) is 130 Å². The lowest BCUT2D eigenvalue weighted by molar-refractivity contribution is -0.144. The number of carboxylic acids is 2. The van der Waals surface area contributed by atoms with Crippen LogP contribution < -0.4 is 5.32 Å². The molecule has 0 fully saturated rings. The molecule has 0 aromatic heterocycles. The number of aliphatic carboxylic acids is 2. The molecule has 838 valence electrons. The van der Waals surface area contributed by atoms with Crippen LogP contribution in [0.25, 0.3) is 0 Å². The van der Waals surface area contributed by atoms with Crippen molar-refractivity contribution in [1.82, 2.24) is 5.32 Å². The van der Waals surface area contributed by atoms with Gasteiger partial charge in [0.15, 0.2) is 0 Å². The van der Waals surface area contributed by atoms with Crippen molar-refractivity contribution in [2.24, 2.45) is 0 Å². The number of aliphatic hydroxyl groups excluding tert-OH is 1. The highest BCUT2D eigenvalue weighted by molar-refractivity contribution is 7.85. The summed E-state index contributed by atoms with van der Waals surface area (Å²) >= 11 is 0.